The highest BCUT2D eigenvalue weighted by Crippen LogP contribution is 2.34. The summed E-state index contributed by atoms with van der Waals surface area (Å²) in [6.45, 7) is 5.58. The van der Waals surface area contributed by atoms with E-state index >= 15 is 0 Å². The average Bonchev–Trinajstić information content (AvgIpc) is 3.34. The third-order valence-corrected chi connectivity index (χ3v) is 10.2. The molecule has 0 spiro atoms. The first-order valence-corrected chi connectivity index (χ1v) is 15.6. The summed E-state index contributed by atoms with van der Waals surface area (Å²) in [6.07, 6.45) is 1.27. The molecule has 0 radical (unpaired) electrons. The minimum absolute atomic E-state index is 0.00236. The average molecular weight is 584 g/mol. The van der Waals surface area contributed by atoms with Gasteiger partial charge in [-0.05, 0) is 63.9 Å². The van der Waals surface area contributed by atoms with Crippen molar-refractivity contribution >= 4 is 35.2 Å². The Labute approximate surface area is 235 Å². The van der Waals surface area contributed by atoms with Crippen LogP contribution in [-0.4, -0.2) is 123 Å². The van der Waals surface area contributed by atoms with E-state index in [9.17, 15) is 30.0 Å². The van der Waals surface area contributed by atoms with E-state index in [0.29, 0.717) is 32.2 Å². The molecule has 224 valence electrons. The molecule has 1 amide bonds. The number of rotatable bonds is 17. The summed E-state index contributed by atoms with van der Waals surface area (Å²) in [4.78, 5) is 23.9. The first-order chi connectivity index (χ1) is 18.2. The van der Waals surface area contributed by atoms with E-state index < -0.39 is 24.4 Å². The lowest BCUT2D eigenvalue weighted by Gasteiger charge is -2.22. The van der Waals surface area contributed by atoms with Crippen LogP contribution in [0.15, 0.2) is 0 Å². The maximum atomic E-state index is 12.4. The van der Waals surface area contributed by atoms with Crippen LogP contribution in [0, 0.1) is 5.92 Å². The number of ether oxygens (including phenoxy) is 2. The van der Waals surface area contributed by atoms with Gasteiger partial charge in [-0.1, -0.05) is 0 Å². The van der Waals surface area contributed by atoms with Crippen molar-refractivity contribution in [2.24, 2.45) is 5.92 Å². The standard InChI is InChI=1S/C25H45NO8S2.CH4O/c1-15(29)6-7-18(14-36-25-17(3)34-20(13-28)23(25)32)8-9-21(30)26-10-4-5-11-35-24-16(2)33-19(12-27)22(24)31;1-2/h16-20,22-25,27-28,31-32H,4-14H2,1-3H3,(H,26,30);2H,1H3/t16-,17-,18?,19+,20+,22?,23?,24+,25+;/m0./s1. The van der Waals surface area contributed by atoms with Crippen molar-refractivity contribution in [1.29, 1.82) is 0 Å². The molecule has 0 aromatic carbocycles. The second-order valence-electron chi connectivity index (χ2n) is 9.94. The molecule has 2 rings (SSSR count). The van der Waals surface area contributed by atoms with Crippen molar-refractivity contribution in [3.63, 3.8) is 0 Å². The van der Waals surface area contributed by atoms with Crippen molar-refractivity contribution in [2.75, 3.05) is 38.4 Å². The zero-order chi connectivity index (χ0) is 28.7. The van der Waals surface area contributed by atoms with Gasteiger partial charge in [0.05, 0.1) is 48.1 Å². The molecular formula is C26H49NO9S2. The highest BCUT2D eigenvalue weighted by atomic mass is 32.2. The summed E-state index contributed by atoms with van der Waals surface area (Å²) < 4.78 is 11.2. The molecule has 2 heterocycles. The molecular weight excluding hydrogens is 534 g/mol. The molecule has 38 heavy (non-hydrogen) atoms. The van der Waals surface area contributed by atoms with Gasteiger partial charge < -0.3 is 45.1 Å². The first kappa shape index (κ1) is 35.6. The molecule has 0 bridgehead atoms. The number of hydrogen-bond donors (Lipinski definition) is 6. The van der Waals surface area contributed by atoms with Crippen LogP contribution in [0.5, 0.6) is 0 Å². The Morgan fingerprint density at radius 2 is 1.39 bits per heavy atom. The zero-order valence-corrected chi connectivity index (χ0v) is 24.8. The maximum absolute atomic E-state index is 12.4. The third kappa shape index (κ3) is 12.0. The number of aliphatic hydroxyl groups is 5. The molecule has 0 saturated carbocycles. The summed E-state index contributed by atoms with van der Waals surface area (Å²) in [7, 11) is 1.00. The quantitative estimate of drug-likeness (QED) is 0.134. The first-order valence-electron chi connectivity index (χ1n) is 13.5. The topological polar surface area (TPSA) is 166 Å². The minimum atomic E-state index is -0.728. The van der Waals surface area contributed by atoms with Gasteiger partial charge in [-0.2, -0.15) is 23.5 Å². The molecule has 2 fully saturated rings. The number of Topliss-reactive ketones (excluding diaryl/α,β-unsaturated/α-hetero) is 1. The number of thioether (sulfide) groups is 2. The van der Waals surface area contributed by atoms with Crippen LogP contribution in [-0.2, 0) is 19.1 Å². The summed E-state index contributed by atoms with van der Waals surface area (Å²) in [6, 6.07) is 0. The van der Waals surface area contributed by atoms with Crippen LogP contribution in [0.25, 0.3) is 0 Å². The van der Waals surface area contributed by atoms with Crippen molar-refractivity contribution in [3.8, 4) is 0 Å². The monoisotopic (exact) mass is 583 g/mol. The Morgan fingerprint density at radius 1 is 0.868 bits per heavy atom. The Balaban J connectivity index is 0.00000352. The van der Waals surface area contributed by atoms with Crippen LogP contribution in [0.1, 0.15) is 59.3 Å². The number of unbranched alkanes of at least 4 members (excludes halogenated alkanes) is 1. The van der Waals surface area contributed by atoms with Gasteiger partial charge in [-0.25, -0.2) is 0 Å². The van der Waals surface area contributed by atoms with Crippen LogP contribution >= 0.6 is 23.5 Å². The van der Waals surface area contributed by atoms with Gasteiger partial charge in [0, 0.05) is 26.5 Å². The maximum Gasteiger partial charge on any atom is 0.220 e. The number of ketones is 1. The van der Waals surface area contributed by atoms with Crippen LogP contribution in [0.4, 0.5) is 0 Å². The summed E-state index contributed by atoms with van der Waals surface area (Å²) in [5, 5.41) is 49.0. The summed E-state index contributed by atoms with van der Waals surface area (Å²) in [5.41, 5.74) is 0. The fraction of sp³-hybridized carbons (Fsp3) is 0.923. The molecule has 2 saturated heterocycles. The van der Waals surface area contributed by atoms with Crippen molar-refractivity contribution in [2.45, 2.75) is 106 Å². The molecule has 0 aromatic heterocycles. The normalized spacial score (nSPS) is 31.5. The van der Waals surface area contributed by atoms with Gasteiger partial charge in [-0.15, -0.1) is 0 Å². The fourth-order valence-corrected chi connectivity index (χ4v) is 7.57. The van der Waals surface area contributed by atoms with E-state index in [0.717, 1.165) is 31.5 Å². The van der Waals surface area contributed by atoms with E-state index in [1.807, 2.05) is 13.8 Å². The van der Waals surface area contributed by atoms with Gasteiger partial charge in [0.2, 0.25) is 5.91 Å². The Kier molecular flexibility index (Phi) is 18.4. The van der Waals surface area contributed by atoms with Gasteiger partial charge in [0.15, 0.2) is 0 Å². The smallest absolute Gasteiger partial charge is 0.220 e. The number of hydrogen-bond acceptors (Lipinski definition) is 11. The molecule has 2 aliphatic rings. The lowest BCUT2D eigenvalue weighted by molar-refractivity contribution is -0.121. The molecule has 0 aromatic rings. The largest absolute Gasteiger partial charge is 0.400 e. The summed E-state index contributed by atoms with van der Waals surface area (Å²) in [5.74, 6) is 1.87. The fourth-order valence-electron chi connectivity index (χ4n) is 4.68. The highest BCUT2D eigenvalue weighted by molar-refractivity contribution is 8.00. The third-order valence-electron chi connectivity index (χ3n) is 6.91. The van der Waals surface area contributed by atoms with E-state index in [1.54, 1.807) is 30.4 Å². The zero-order valence-electron chi connectivity index (χ0n) is 23.2. The molecule has 10 nitrogen and oxygen atoms in total. The second-order valence-corrected chi connectivity index (χ2v) is 12.4. The molecule has 6 N–H and O–H groups in total. The van der Waals surface area contributed by atoms with Gasteiger partial charge in [0.1, 0.15) is 18.0 Å². The van der Waals surface area contributed by atoms with E-state index in [1.165, 1.54) is 0 Å². The van der Waals surface area contributed by atoms with Crippen molar-refractivity contribution < 1.29 is 44.6 Å². The van der Waals surface area contributed by atoms with Crippen LogP contribution in [0.3, 0.4) is 0 Å². The molecule has 2 aliphatic heterocycles. The second kappa shape index (κ2) is 19.6. The molecule has 9 atom stereocenters. The molecule has 3 unspecified atom stereocenters. The van der Waals surface area contributed by atoms with Crippen LogP contribution < -0.4 is 5.32 Å². The number of carbonyl (C=O) groups is 2. The SMILES string of the molecule is CC(=O)CCC(CCC(=O)NCCCCS[C@H]1C(O)[C@@H](CO)O[C@H]1C)CS[C@H]1C(O)[C@@H](CO)O[C@H]1C.CO. The Bertz CT molecular complexity index is 675. The van der Waals surface area contributed by atoms with Gasteiger partial charge in [-0.3, -0.25) is 4.79 Å². The number of carbonyl (C=O) groups excluding carboxylic acids is 2. The van der Waals surface area contributed by atoms with Crippen molar-refractivity contribution in [1.82, 2.24) is 5.32 Å². The van der Waals surface area contributed by atoms with E-state index in [2.05, 4.69) is 5.32 Å². The van der Waals surface area contributed by atoms with Crippen molar-refractivity contribution in [3.05, 3.63) is 0 Å². The van der Waals surface area contributed by atoms with Gasteiger partial charge >= 0.3 is 0 Å². The highest BCUT2D eigenvalue weighted by Gasteiger charge is 2.42. The minimum Gasteiger partial charge on any atom is -0.400 e. The number of nitrogens with one attached hydrogen (secondary N) is 1. The number of aliphatic hydroxyl groups excluding tert-OH is 5. The summed E-state index contributed by atoms with van der Waals surface area (Å²) >= 11 is 3.25. The predicted molar refractivity (Wildman–Crippen MR) is 150 cm³/mol. The Hall–Kier alpha value is -0.440. The predicted octanol–water partition coefficient (Wildman–Crippen LogP) is 0.742. The van der Waals surface area contributed by atoms with Crippen LogP contribution in [0.2, 0.25) is 0 Å². The molecule has 0 aliphatic carbocycles. The van der Waals surface area contributed by atoms with E-state index in [-0.39, 0.29) is 53.5 Å². The number of amides is 1. The lowest BCUT2D eigenvalue weighted by atomic mass is 9.98. The van der Waals surface area contributed by atoms with Gasteiger partial charge in [0.25, 0.3) is 0 Å². The molecule has 12 heteroatoms. The Morgan fingerprint density at radius 3 is 1.89 bits per heavy atom. The van der Waals surface area contributed by atoms with E-state index in [4.69, 9.17) is 14.6 Å². The lowest BCUT2D eigenvalue weighted by Crippen LogP contribution is -2.32.